The quantitative estimate of drug-likeness (QED) is 0.755. The fraction of sp³-hybridized carbons (Fsp3) is 0.133. The minimum Gasteiger partial charge on any atom is -0.337 e. The van der Waals surface area contributed by atoms with Gasteiger partial charge in [-0.05, 0) is 18.2 Å². The first-order chi connectivity index (χ1) is 11.2. The Morgan fingerprint density at radius 1 is 1.30 bits per heavy atom. The molecule has 0 saturated carbocycles. The highest BCUT2D eigenvalue weighted by Gasteiger charge is 2.07. The van der Waals surface area contributed by atoms with Gasteiger partial charge in [0.2, 0.25) is 5.13 Å². The molecule has 2 aromatic heterocycles. The molecule has 2 heterocycles. The average Bonchev–Trinajstić information content (AvgIpc) is 3.20. The number of amides is 2. The SMILES string of the molecule is O=C(NCCc1csc(-n2cccn2)n1)Nc1ccccc1F. The lowest BCUT2D eigenvalue weighted by Gasteiger charge is -2.07. The first-order valence-corrected chi connectivity index (χ1v) is 7.84. The molecule has 8 heteroatoms. The molecule has 0 aliphatic rings. The van der Waals surface area contributed by atoms with Crippen LogP contribution in [-0.4, -0.2) is 27.3 Å². The number of hydrogen-bond acceptors (Lipinski definition) is 4. The van der Waals surface area contributed by atoms with Gasteiger partial charge in [-0.15, -0.1) is 11.3 Å². The largest absolute Gasteiger partial charge is 0.337 e. The van der Waals surface area contributed by atoms with E-state index in [1.807, 2.05) is 17.6 Å². The highest BCUT2D eigenvalue weighted by molar-refractivity contribution is 7.12. The third-order valence-corrected chi connectivity index (χ3v) is 3.91. The van der Waals surface area contributed by atoms with Gasteiger partial charge in [-0.2, -0.15) is 5.10 Å². The fourth-order valence-corrected chi connectivity index (χ4v) is 2.73. The molecule has 118 valence electrons. The van der Waals surface area contributed by atoms with Crippen LogP contribution >= 0.6 is 11.3 Å². The third-order valence-electron chi connectivity index (χ3n) is 3.03. The van der Waals surface area contributed by atoms with Crippen LogP contribution in [0.4, 0.5) is 14.9 Å². The van der Waals surface area contributed by atoms with Gasteiger partial charge in [0.05, 0.1) is 11.4 Å². The van der Waals surface area contributed by atoms with Crippen molar-refractivity contribution in [3.8, 4) is 5.13 Å². The van der Waals surface area contributed by atoms with Gasteiger partial charge >= 0.3 is 6.03 Å². The Hall–Kier alpha value is -2.74. The number of thiazole rings is 1. The molecular formula is C15H14FN5OS. The molecule has 2 N–H and O–H groups in total. The summed E-state index contributed by atoms with van der Waals surface area (Å²) in [6.07, 6.45) is 4.10. The highest BCUT2D eigenvalue weighted by atomic mass is 32.1. The number of carbonyl (C=O) groups is 1. The highest BCUT2D eigenvalue weighted by Crippen LogP contribution is 2.14. The number of nitrogens with one attached hydrogen (secondary N) is 2. The van der Waals surface area contributed by atoms with Crippen LogP contribution in [0.3, 0.4) is 0 Å². The summed E-state index contributed by atoms with van der Waals surface area (Å²) in [6.45, 7) is 0.405. The van der Waals surface area contributed by atoms with E-state index in [0.29, 0.717) is 13.0 Å². The molecule has 0 spiro atoms. The molecule has 0 bridgehead atoms. The van der Waals surface area contributed by atoms with Crippen LogP contribution in [0.5, 0.6) is 0 Å². The number of urea groups is 1. The zero-order chi connectivity index (χ0) is 16.1. The summed E-state index contributed by atoms with van der Waals surface area (Å²) >= 11 is 1.48. The van der Waals surface area contributed by atoms with Crippen molar-refractivity contribution in [2.24, 2.45) is 0 Å². The molecule has 0 aliphatic carbocycles. The van der Waals surface area contributed by atoms with Crippen molar-refractivity contribution < 1.29 is 9.18 Å². The lowest BCUT2D eigenvalue weighted by atomic mass is 10.3. The number of benzene rings is 1. The van der Waals surface area contributed by atoms with Gasteiger partial charge in [0.15, 0.2) is 0 Å². The summed E-state index contributed by atoms with van der Waals surface area (Å²) in [5.41, 5.74) is 1.02. The average molecular weight is 331 g/mol. The molecule has 2 amide bonds. The van der Waals surface area contributed by atoms with Crippen molar-refractivity contribution in [2.75, 3.05) is 11.9 Å². The second-order valence-corrected chi connectivity index (χ2v) is 5.52. The number of anilines is 1. The van der Waals surface area contributed by atoms with Crippen molar-refractivity contribution in [3.63, 3.8) is 0 Å². The molecule has 0 saturated heterocycles. The summed E-state index contributed by atoms with van der Waals surface area (Å²) < 4.78 is 15.1. The minimum atomic E-state index is -0.467. The summed E-state index contributed by atoms with van der Waals surface area (Å²) in [4.78, 5) is 16.2. The monoisotopic (exact) mass is 331 g/mol. The minimum absolute atomic E-state index is 0.152. The second kappa shape index (κ2) is 7.01. The van der Waals surface area contributed by atoms with Crippen LogP contribution in [0.2, 0.25) is 0 Å². The van der Waals surface area contributed by atoms with Gasteiger partial charge in [-0.1, -0.05) is 12.1 Å². The zero-order valence-electron chi connectivity index (χ0n) is 12.1. The number of halogens is 1. The van der Waals surface area contributed by atoms with E-state index in [1.165, 1.54) is 23.5 Å². The van der Waals surface area contributed by atoms with Crippen LogP contribution in [-0.2, 0) is 6.42 Å². The first kappa shape index (κ1) is 15.2. The van der Waals surface area contributed by atoms with Gasteiger partial charge in [0.25, 0.3) is 0 Å². The van der Waals surface area contributed by atoms with Crippen molar-refractivity contribution in [1.29, 1.82) is 0 Å². The van der Waals surface area contributed by atoms with Gasteiger partial charge < -0.3 is 10.6 Å². The van der Waals surface area contributed by atoms with Crippen LogP contribution < -0.4 is 10.6 Å². The Morgan fingerprint density at radius 3 is 2.96 bits per heavy atom. The molecule has 6 nitrogen and oxygen atoms in total. The fourth-order valence-electron chi connectivity index (χ4n) is 1.93. The molecule has 0 aliphatic heterocycles. The summed E-state index contributed by atoms with van der Waals surface area (Å²) in [6, 6.07) is 7.41. The van der Waals surface area contributed by atoms with Crippen LogP contribution in [0.1, 0.15) is 5.69 Å². The van der Waals surface area contributed by atoms with Crippen molar-refractivity contribution in [2.45, 2.75) is 6.42 Å². The van der Waals surface area contributed by atoms with E-state index in [4.69, 9.17) is 0 Å². The Bertz CT molecular complexity index is 787. The molecule has 3 aromatic rings. The molecule has 1 aromatic carbocycles. The zero-order valence-corrected chi connectivity index (χ0v) is 12.9. The topological polar surface area (TPSA) is 71.8 Å². The van der Waals surface area contributed by atoms with E-state index in [0.717, 1.165) is 10.8 Å². The number of para-hydroxylation sites is 1. The Balaban J connectivity index is 1.48. The van der Waals surface area contributed by atoms with E-state index in [1.54, 1.807) is 23.0 Å². The standard InChI is InChI=1S/C15H14FN5OS/c16-12-4-1-2-5-13(12)20-14(22)17-8-6-11-10-23-15(19-11)21-9-3-7-18-21/h1-5,7,9-10H,6,8H2,(H2,17,20,22). The van der Waals surface area contributed by atoms with E-state index >= 15 is 0 Å². The van der Waals surface area contributed by atoms with E-state index in [-0.39, 0.29) is 5.69 Å². The molecule has 23 heavy (non-hydrogen) atoms. The van der Waals surface area contributed by atoms with Crippen LogP contribution in [0, 0.1) is 5.82 Å². The van der Waals surface area contributed by atoms with Crippen molar-refractivity contribution in [1.82, 2.24) is 20.1 Å². The number of rotatable bonds is 5. The Morgan fingerprint density at radius 2 is 2.17 bits per heavy atom. The smallest absolute Gasteiger partial charge is 0.319 e. The van der Waals surface area contributed by atoms with E-state index in [2.05, 4.69) is 20.7 Å². The van der Waals surface area contributed by atoms with Gasteiger partial charge in [0.1, 0.15) is 5.82 Å². The van der Waals surface area contributed by atoms with Gasteiger partial charge in [-0.25, -0.2) is 18.9 Å². The summed E-state index contributed by atoms with van der Waals surface area (Å²) in [5, 5.41) is 12.0. The third kappa shape index (κ3) is 3.92. The van der Waals surface area contributed by atoms with E-state index < -0.39 is 11.8 Å². The predicted octanol–water partition coefficient (Wildman–Crippen LogP) is 2.83. The molecule has 0 radical (unpaired) electrons. The summed E-state index contributed by atoms with van der Waals surface area (Å²) in [7, 11) is 0. The Labute approximate surface area is 136 Å². The summed E-state index contributed by atoms with van der Waals surface area (Å²) in [5.74, 6) is -0.467. The maximum Gasteiger partial charge on any atom is 0.319 e. The molecule has 0 unspecified atom stereocenters. The maximum absolute atomic E-state index is 13.4. The molecule has 0 fully saturated rings. The van der Waals surface area contributed by atoms with Crippen molar-refractivity contribution in [3.05, 3.63) is 59.6 Å². The molecule has 3 rings (SSSR count). The lowest BCUT2D eigenvalue weighted by molar-refractivity contribution is 0.252. The maximum atomic E-state index is 13.4. The first-order valence-electron chi connectivity index (χ1n) is 6.96. The van der Waals surface area contributed by atoms with Gasteiger partial charge in [-0.3, -0.25) is 0 Å². The number of carbonyl (C=O) groups excluding carboxylic acids is 1. The molecule has 0 atom stereocenters. The van der Waals surface area contributed by atoms with Crippen LogP contribution in [0.15, 0.2) is 48.1 Å². The number of hydrogen-bond donors (Lipinski definition) is 2. The predicted molar refractivity (Wildman–Crippen MR) is 86.4 cm³/mol. The van der Waals surface area contributed by atoms with Crippen LogP contribution in [0.25, 0.3) is 5.13 Å². The van der Waals surface area contributed by atoms with Gasteiger partial charge in [0, 0.05) is 30.7 Å². The number of nitrogens with zero attached hydrogens (tertiary/aromatic N) is 3. The molecular weight excluding hydrogens is 317 g/mol. The van der Waals surface area contributed by atoms with E-state index in [9.17, 15) is 9.18 Å². The Kier molecular flexibility index (Phi) is 4.62. The van der Waals surface area contributed by atoms with Crippen molar-refractivity contribution >= 4 is 23.1 Å². The number of aromatic nitrogens is 3. The lowest BCUT2D eigenvalue weighted by Crippen LogP contribution is -2.30. The second-order valence-electron chi connectivity index (χ2n) is 4.68. The normalized spacial score (nSPS) is 10.5.